The SMILES string of the molecule is CCC1=Cc2c(ccn2-c2ccc(F)cc2)CC12O[C@@H]2CCc1ccccc1N. The highest BCUT2D eigenvalue weighted by atomic mass is 19.1. The number of nitrogens with two attached hydrogens (primary N) is 1. The molecule has 1 spiro atoms. The number of hydrogen-bond acceptors (Lipinski definition) is 2. The predicted octanol–water partition coefficient (Wildman–Crippen LogP) is 5.32. The largest absolute Gasteiger partial charge is 0.399 e. The van der Waals surface area contributed by atoms with Crippen molar-refractivity contribution in [1.29, 1.82) is 0 Å². The molecule has 29 heavy (non-hydrogen) atoms. The molecule has 4 heteroatoms. The van der Waals surface area contributed by atoms with E-state index in [9.17, 15) is 4.39 Å². The number of anilines is 1. The van der Waals surface area contributed by atoms with E-state index in [1.807, 2.05) is 30.3 Å². The number of fused-ring (bicyclic) bond motifs is 1. The fourth-order valence-corrected chi connectivity index (χ4v) is 4.71. The number of benzene rings is 2. The molecule has 3 nitrogen and oxygen atoms in total. The molecule has 1 aliphatic heterocycles. The lowest BCUT2D eigenvalue weighted by Crippen LogP contribution is -2.25. The third-order valence-corrected chi connectivity index (χ3v) is 6.35. The number of halogens is 1. The van der Waals surface area contributed by atoms with Crippen molar-refractivity contribution in [3.63, 3.8) is 0 Å². The first-order valence-corrected chi connectivity index (χ1v) is 10.3. The van der Waals surface area contributed by atoms with Gasteiger partial charge >= 0.3 is 0 Å². The van der Waals surface area contributed by atoms with Crippen LogP contribution in [0.4, 0.5) is 10.1 Å². The van der Waals surface area contributed by atoms with Gasteiger partial charge in [0.05, 0.1) is 6.10 Å². The molecule has 2 atom stereocenters. The van der Waals surface area contributed by atoms with Gasteiger partial charge in [-0.1, -0.05) is 25.1 Å². The lowest BCUT2D eigenvalue weighted by Gasteiger charge is -2.23. The molecule has 1 saturated heterocycles. The highest BCUT2D eigenvalue weighted by Gasteiger charge is 2.59. The van der Waals surface area contributed by atoms with E-state index < -0.39 is 0 Å². The normalized spacial score (nSPS) is 22.4. The Balaban J connectivity index is 1.39. The monoisotopic (exact) mass is 388 g/mol. The third kappa shape index (κ3) is 3.08. The van der Waals surface area contributed by atoms with E-state index in [0.717, 1.165) is 37.1 Å². The zero-order valence-electron chi connectivity index (χ0n) is 16.6. The Kier molecular flexibility index (Phi) is 4.32. The molecular weight excluding hydrogens is 363 g/mol. The second-order valence-electron chi connectivity index (χ2n) is 8.01. The summed E-state index contributed by atoms with van der Waals surface area (Å²) in [5.41, 5.74) is 12.8. The fourth-order valence-electron chi connectivity index (χ4n) is 4.71. The zero-order chi connectivity index (χ0) is 20.0. The molecule has 1 aliphatic carbocycles. The summed E-state index contributed by atoms with van der Waals surface area (Å²) in [6.07, 6.45) is 8.33. The molecule has 5 rings (SSSR count). The number of aromatic nitrogens is 1. The summed E-state index contributed by atoms with van der Waals surface area (Å²) in [6.45, 7) is 2.19. The van der Waals surface area contributed by atoms with Crippen molar-refractivity contribution in [1.82, 2.24) is 4.57 Å². The summed E-state index contributed by atoms with van der Waals surface area (Å²) in [6, 6.07) is 16.9. The summed E-state index contributed by atoms with van der Waals surface area (Å²) in [4.78, 5) is 0. The molecule has 1 unspecified atom stereocenters. The summed E-state index contributed by atoms with van der Waals surface area (Å²) in [5, 5.41) is 0. The van der Waals surface area contributed by atoms with Gasteiger partial charge < -0.3 is 15.0 Å². The van der Waals surface area contributed by atoms with Crippen LogP contribution >= 0.6 is 0 Å². The molecule has 1 fully saturated rings. The highest BCUT2D eigenvalue weighted by molar-refractivity contribution is 5.64. The van der Waals surface area contributed by atoms with Crippen LogP contribution in [-0.2, 0) is 17.6 Å². The number of hydrogen-bond donors (Lipinski definition) is 1. The molecule has 0 radical (unpaired) electrons. The minimum atomic E-state index is -0.216. The first-order chi connectivity index (χ1) is 14.1. The van der Waals surface area contributed by atoms with E-state index in [1.165, 1.54) is 34.5 Å². The third-order valence-electron chi connectivity index (χ3n) is 6.35. The van der Waals surface area contributed by atoms with E-state index >= 15 is 0 Å². The average Bonchev–Trinajstić information content (AvgIpc) is 3.25. The highest BCUT2D eigenvalue weighted by Crippen LogP contribution is 2.52. The Morgan fingerprint density at radius 1 is 1.14 bits per heavy atom. The van der Waals surface area contributed by atoms with Crippen LogP contribution in [-0.4, -0.2) is 16.3 Å². The van der Waals surface area contributed by atoms with E-state index in [-0.39, 0.29) is 17.5 Å². The lowest BCUT2D eigenvalue weighted by molar-refractivity contribution is 0.311. The van der Waals surface area contributed by atoms with Gasteiger partial charge in [-0.25, -0.2) is 4.39 Å². The van der Waals surface area contributed by atoms with Crippen molar-refractivity contribution in [3.8, 4) is 5.69 Å². The van der Waals surface area contributed by atoms with Crippen LogP contribution in [0.5, 0.6) is 0 Å². The Hall–Kier alpha value is -2.85. The fraction of sp³-hybridized carbons (Fsp3) is 0.280. The van der Waals surface area contributed by atoms with Crippen molar-refractivity contribution < 1.29 is 9.13 Å². The maximum Gasteiger partial charge on any atom is 0.123 e. The predicted molar refractivity (Wildman–Crippen MR) is 114 cm³/mol. The maximum atomic E-state index is 13.3. The van der Waals surface area contributed by atoms with Crippen molar-refractivity contribution in [2.45, 2.75) is 44.3 Å². The van der Waals surface area contributed by atoms with Crippen LogP contribution in [0.25, 0.3) is 11.8 Å². The maximum absolute atomic E-state index is 13.3. The van der Waals surface area contributed by atoms with Gasteiger partial charge in [-0.2, -0.15) is 0 Å². The summed E-state index contributed by atoms with van der Waals surface area (Å²) in [5.74, 6) is -0.216. The van der Waals surface area contributed by atoms with Crippen LogP contribution in [0.3, 0.4) is 0 Å². The van der Waals surface area contributed by atoms with Crippen LogP contribution in [0.15, 0.2) is 66.4 Å². The molecule has 2 N–H and O–H groups in total. The molecule has 2 aliphatic rings. The van der Waals surface area contributed by atoms with Crippen molar-refractivity contribution >= 4 is 11.8 Å². The summed E-state index contributed by atoms with van der Waals surface area (Å²) >= 11 is 0. The minimum absolute atomic E-state index is 0.166. The molecule has 3 aromatic rings. The van der Waals surface area contributed by atoms with Crippen LogP contribution in [0.2, 0.25) is 0 Å². The summed E-state index contributed by atoms with van der Waals surface area (Å²) < 4.78 is 21.8. The zero-order valence-corrected chi connectivity index (χ0v) is 16.6. The number of aryl methyl sites for hydroxylation is 1. The number of nitrogen functional groups attached to an aromatic ring is 1. The number of para-hydroxylation sites is 1. The van der Waals surface area contributed by atoms with Gasteiger partial charge in [-0.3, -0.25) is 0 Å². The number of rotatable bonds is 5. The topological polar surface area (TPSA) is 43.5 Å². The van der Waals surface area contributed by atoms with Gasteiger partial charge in [0.25, 0.3) is 0 Å². The quantitative estimate of drug-likeness (QED) is 0.475. The van der Waals surface area contributed by atoms with Gasteiger partial charge in [-0.05, 0) is 78.4 Å². The van der Waals surface area contributed by atoms with Crippen molar-refractivity contribution in [2.75, 3.05) is 5.73 Å². The second-order valence-corrected chi connectivity index (χ2v) is 8.01. The van der Waals surface area contributed by atoms with E-state index in [1.54, 1.807) is 0 Å². The van der Waals surface area contributed by atoms with E-state index in [2.05, 4.69) is 35.9 Å². The van der Waals surface area contributed by atoms with Crippen molar-refractivity contribution in [3.05, 3.63) is 89.0 Å². The number of nitrogens with zero attached hydrogens (tertiary/aromatic N) is 1. The Labute approximate surface area is 170 Å². The average molecular weight is 388 g/mol. The molecule has 1 aromatic heterocycles. The van der Waals surface area contributed by atoms with Gasteiger partial charge in [0.15, 0.2) is 0 Å². The van der Waals surface area contributed by atoms with Gasteiger partial charge in [0, 0.05) is 29.7 Å². The molecule has 2 heterocycles. The number of epoxide rings is 1. The standard InChI is InChI=1S/C25H25FN2O/c1-2-19-15-23-18(13-14-28(23)21-10-8-20(26)9-11-21)16-25(19)24(29-25)12-7-17-5-3-4-6-22(17)27/h3-6,8-11,13-15,24H,2,7,12,16,27H2,1H3/t24-,25?/m1/s1. The number of ether oxygens (including phenoxy) is 1. The Bertz CT molecular complexity index is 1080. The first kappa shape index (κ1) is 18.2. The Morgan fingerprint density at radius 3 is 2.69 bits per heavy atom. The van der Waals surface area contributed by atoms with Crippen LogP contribution in [0.1, 0.15) is 36.6 Å². The van der Waals surface area contributed by atoms with Crippen LogP contribution < -0.4 is 5.73 Å². The smallest absolute Gasteiger partial charge is 0.123 e. The van der Waals surface area contributed by atoms with Crippen LogP contribution in [0, 0.1) is 5.82 Å². The van der Waals surface area contributed by atoms with Gasteiger partial charge in [0.2, 0.25) is 0 Å². The first-order valence-electron chi connectivity index (χ1n) is 10.3. The Morgan fingerprint density at radius 2 is 1.93 bits per heavy atom. The van der Waals surface area contributed by atoms with Crippen molar-refractivity contribution in [2.24, 2.45) is 0 Å². The van der Waals surface area contributed by atoms with Gasteiger partial charge in [-0.15, -0.1) is 0 Å². The van der Waals surface area contributed by atoms with E-state index in [4.69, 9.17) is 10.5 Å². The second kappa shape index (κ2) is 6.89. The van der Waals surface area contributed by atoms with Gasteiger partial charge in [0.1, 0.15) is 11.4 Å². The molecule has 2 aromatic carbocycles. The molecule has 148 valence electrons. The summed E-state index contributed by atoms with van der Waals surface area (Å²) in [7, 11) is 0. The molecule has 0 amide bonds. The molecular formula is C25H25FN2O. The lowest BCUT2D eigenvalue weighted by atomic mass is 9.81. The van der Waals surface area contributed by atoms with E-state index in [0.29, 0.717) is 0 Å². The molecule has 0 saturated carbocycles. The molecule has 0 bridgehead atoms. The minimum Gasteiger partial charge on any atom is -0.399 e.